The van der Waals surface area contributed by atoms with Gasteiger partial charge >= 0.3 is 17.9 Å². The van der Waals surface area contributed by atoms with Crippen LogP contribution < -0.4 is 21.7 Å². The maximum absolute atomic E-state index is 14.8. The largest absolute Gasteiger partial charge is 0.481 e. The van der Waals surface area contributed by atoms with Crippen molar-refractivity contribution in [3.8, 4) is 12.3 Å². The van der Waals surface area contributed by atoms with Gasteiger partial charge in [-0.25, -0.2) is 10.0 Å². The standard InChI is InChI=1S/C48H71N7O11S/c1-10-12-15-24-65-55(46(62)41(30(5)11-2)53-44(61)37-16-13-14-23-54(37)9)38(29(3)4)26-39(66-31(6)56)45-52-36(28-67-45)43(60)51-34(27-48(7,8)47(63)64)25-32-17-19-33(20-18-32)50-42(59)35(49)21-22-40(57)58/h1,17-20,28-30,34-35,37-39,41H,11-16,21-27,49H2,2-9H3,(H,50,59)(H,51,60)(H,53,61)(H,57,58)(H,63,64)/t30-,34-,35+,37+,38+,39+,41-/m0/s1. The van der Waals surface area contributed by atoms with Crippen molar-refractivity contribution in [3.05, 3.63) is 45.9 Å². The van der Waals surface area contributed by atoms with Gasteiger partial charge in [0, 0.05) is 43.3 Å². The number of hydrogen-bond donors (Lipinski definition) is 6. The van der Waals surface area contributed by atoms with E-state index in [1.807, 2.05) is 39.6 Å². The lowest BCUT2D eigenvalue weighted by Crippen LogP contribution is -2.58. The van der Waals surface area contributed by atoms with Crippen LogP contribution in [0.5, 0.6) is 0 Å². The highest BCUT2D eigenvalue weighted by Gasteiger charge is 2.40. The summed E-state index contributed by atoms with van der Waals surface area (Å²) in [6, 6.07) is 2.93. The zero-order valence-electron chi connectivity index (χ0n) is 40.2. The predicted octanol–water partition coefficient (Wildman–Crippen LogP) is 5.32. The van der Waals surface area contributed by atoms with Gasteiger partial charge < -0.3 is 36.6 Å². The number of carboxylic acids is 2. The lowest BCUT2D eigenvalue weighted by atomic mass is 9.84. The molecule has 1 aliphatic rings. The molecule has 1 fully saturated rings. The fourth-order valence-electron chi connectivity index (χ4n) is 7.72. The number of esters is 1. The molecule has 3 rings (SSSR count). The molecule has 0 radical (unpaired) electrons. The maximum atomic E-state index is 14.8. The van der Waals surface area contributed by atoms with E-state index in [1.54, 1.807) is 38.1 Å². The first-order chi connectivity index (χ1) is 31.6. The van der Waals surface area contributed by atoms with E-state index in [9.17, 15) is 38.7 Å². The average Bonchev–Trinajstić information content (AvgIpc) is 3.77. The van der Waals surface area contributed by atoms with E-state index >= 15 is 0 Å². The summed E-state index contributed by atoms with van der Waals surface area (Å²) in [4.78, 5) is 104. The zero-order chi connectivity index (χ0) is 50.0. The number of hydroxylamine groups is 2. The number of aromatic nitrogens is 1. The van der Waals surface area contributed by atoms with Gasteiger partial charge in [-0.3, -0.25) is 43.3 Å². The number of amides is 4. The van der Waals surface area contributed by atoms with E-state index in [0.717, 1.165) is 30.7 Å². The number of likely N-dealkylation sites (tertiary alicyclic amines) is 1. The Morgan fingerprint density at radius 1 is 1.07 bits per heavy atom. The fourth-order valence-corrected chi connectivity index (χ4v) is 8.56. The number of benzene rings is 1. The first-order valence-electron chi connectivity index (χ1n) is 23.0. The van der Waals surface area contributed by atoms with Crippen LogP contribution in [0.2, 0.25) is 0 Å². The van der Waals surface area contributed by atoms with Crippen molar-refractivity contribution < 1.29 is 53.3 Å². The van der Waals surface area contributed by atoms with Crippen LogP contribution >= 0.6 is 11.3 Å². The second-order valence-electron chi connectivity index (χ2n) is 18.4. The molecule has 0 aliphatic carbocycles. The third kappa shape index (κ3) is 17.6. The molecule has 0 unspecified atom stereocenters. The molecular formula is C48H71N7O11S. The van der Waals surface area contributed by atoms with E-state index in [0.29, 0.717) is 36.9 Å². The van der Waals surface area contributed by atoms with Gasteiger partial charge in [0.05, 0.1) is 30.1 Å². The summed E-state index contributed by atoms with van der Waals surface area (Å²) in [7, 11) is 1.90. The number of carbonyl (C=O) groups excluding carboxylic acids is 5. The molecule has 4 amide bonds. The lowest BCUT2D eigenvalue weighted by Gasteiger charge is -2.39. The summed E-state index contributed by atoms with van der Waals surface area (Å²) in [5.74, 6) is -2.52. The first kappa shape index (κ1) is 55.9. The Labute approximate surface area is 398 Å². The Balaban J connectivity index is 1.91. The van der Waals surface area contributed by atoms with Crippen LogP contribution in [0.1, 0.15) is 140 Å². The van der Waals surface area contributed by atoms with Crippen molar-refractivity contribution in [3.63, 3.8) is 0 Å². The molecule has 2 heterocycles. The van der Waals surface area contributed by atoms with E-state index in [-0.39, 0.29) is 73.2 Å². The number of ether oxygens (including phenoxy) is 1. The minimum Gasteiger partial charge on any atom is -0.481 e. The number of unbranched alkanes of at least 4 members (excludes halogenated alkanes) is 1. The number of likely N-dealkylation sites (N-methyl/N-ethyl adjacent to an activating group) is 1. The smallest absolute Gasteiger partial charge is 0.309 e. The Bertz CT molecular complexity index is 2040. The molecule has 67 heavy (non-hydrogen) atoms. The molecule has 370 valence electrons. The first-order valence-corrected chi connectivity index (χ1v) is 23.9. The van der Waals surface area contributed by atoms with Gasteiger partial charge in [-0.15, -0.1) is 23.7 Å². The van der Waals surface area contributed by atoms with Crippen molar-refractivity contribution in [2.24, 2.45) is 23.0 Å². The highest BCUT2D eigenvalue weighted by molar-refractivity contribution is 7.09. The maximum Gasteiger partial charge on any atom is 0.309 e. The van der Waals surface area contributed by atoms with Crippen LogP contribution in [-0.4, -0.2) is 117 Å². The van der Waals surface area contributed by atoms with Crippen LogP contribution in [0.15, 0.2) is 29.6 Å². The number of aliphatic carboxylic acids is 2. The quantitative estimate of drug-likeness (QED) is 0.0287. The highest BCUT2D eigenvalue weighted by atomic mass is 32.1. The van der Waals surface area contributed by atoms with Crippen molar-refractivity contribution in [1.29, 1.82) is 0 Å². The summed E-state index contributed by atoms with van der Waals surface area (Å²) >= 11 is 1.08. The molecule has 1 aromatic heterocycles. The van der Waals surface area contributed by atoms with Crippen LogP contribution in [-0.2, 0) is 44.8 Å². The number of piperidine rings is 1. The van der Waals surface area contributed by atoms with Crippen LogP contribution in [0, 0.1) is 29.6 Å². The monoisotopic (exact) mass is 953 g/mol. The molecule has 7 atom stereocenters. The second-order valence-corrected chi connectivity index (χ2v) is 19.3. The molecule has 1 aromatic carbocycles. The van der Waals surface area contributed by atoms with Crippen molar-refractivity contribution >= 4 is 58.6 Å². The molecular weight excluding hydrogens is 883 g/mol. The van der Waals surface area contributed by atoms with Crippen LogP contribution in [0.3, 0.4) is 0 Å². The summed E-state index contributed by atoms with van der Waals surface area (Å²) in [6.07, 6.45) is 8.49. The third-order valence-electron chi connectivity index (χ3n) is 12.0. The summed E-state index contributed by atoms with van der Waals surface area (Å²) < 4.78 is 5.85. The van der Waals surface area contributed by atoms with Crippen molar-refractivity contribution in [2.75, 3.05) is 25.5 Å². The third-order valence-corrected chi connectivity index (χ3v) is 12.9. The molecule has 0 saturated carbocycles. The van der Waals surface area contributed by atoms with E-state index in [1.165, 1.54) is 17.4 Å². The topological polar surface area (TPSA) is 260 Å². The molecule has 7 N–H and O–H groups in total. The Kier molecular flexibility index (Phi) is 22.4. The SMILES string of the molecule is C#CCCCON(C(=O)[C@@H](NC(=O)[C@H]1CCCCN1C)[C@@H](C)CC)[C@H](C[C@@H](OC(C)=O)c1nc(C(=O)N[C@@H](Cc2ccc(NC(=O)[C@H](N)CCC(=O)O)cc2)CC(C)(C)C(=O)O)cs1)C(C)C. The number of nitrogens with one attached hydrogen (secondary N) is 3. The molecule has 1 aliphatic heterocycles. The lowest BCUT2D eigenvalue weighted by molar-refractivity contribution is -0.213. The summed E-state index contributed by atoms with van der Waals surface area (Å²) in [6.45, 7) is 12.9. The molecule has 0 bridgehead atoms. The Morgan fingerprint density at radius 3 is 2.34 bits per heavy atom. The number of hydrogen-bond acceptors (Lipinski definition) is 13. The molecule has 2 aromatic rings. The fraction of sp³-hybridized carbons (Fsp3) is 0.625. The number of anilines is 1. The molecule has 19 heteroatoms. The zero-order valence-corrected chi connectivity index (χ0v) is 41.0. The summed E-state index contributed by atoms with van der Waals surface area (Å²) in [5, 5.41) is 30.7. The van der Waals surface area contributed by atoms with Gasteiger partial charge in [0.1, 0.15) is 16.7 Å². The van der Waals surface area contributed by atoms with Crippen LogP contribution in [0.25, 0.3) is 0 Å². The van der Waals surface area contributed by atoms with Gasteiger partial charge in [-0.2, -0.15) is 0 Å². The van der Waals surface area contributed by atoms with Crippen molar-refractivity contribution in [2.45, 2.75) is 155 Å². The Morgan fingerprint density at radius 2 is 1.76 bits per heavy atom. The minimum atomic E-state index is -1.24. The van der Waals surface area contributed by atoms with Crippen molar-refractivity contribution in [1.82, 2.24) is 25.6 Å². The van der Waals surface area contributed by atoms with E-state index < -0.39 is 71.3 Å². The second kappa shape index (κ2) is 26.8. The molecule has 1 saturated heterocycles. The number of terminal acetylenes is 1. The van der Waals surface area contributed by atoms with Gasteiger partial charge in [0.15, 0.2) is 6.10 Å². The number of nitrogens with two attached hydrogens (primary N) is 1. The van der Waals surface area contributed by atoms with Gasteiger partial charge in [-0.1, -0.05) is 52.7 Å². The minimum absolute atomic E-state index is 0.000582. The average molecular weight is 954 g/mol. The van der Waals surface area contributed by atoms with E-state index in [2.05, 4.69) is 26.9 Å². The predicted molar refractivity (Wildman–Crippen MR) is 253 cm³/mol. The van der Waals surface area contributed by atoms with Gasteiger partial charge in [0.2, 0.25) is 11.8 Å². The normalized spacial score (nSPS) is 16.9. The summed E-state index contributed by atoms with van der Waals surface area (Å²) in [5.41, 5.74) is 5.72. The Hall–Kier alpha value is -5.42. The van der Waals surface area contributed by atoms with Gasteiger partial charge in [-0.05, 0) is 95.5 Å². The number of rotatable bonds is 27. The number of carbonyl (C=O) groups is 7. The van der Waals surface area contributed by atoms with Gasteiger partial charge in [0.25, 0.3) is 11.8 Å². The van der Waals surface area contributed by atoms with E-state index in [4.69, 9.17) is 26.8 Å². The number of carboxylic acid groups (broad SMARTS) is 2. The number of thiazole rings is 1. The number of nitrogens with zero attached hydrogens (tertiary/aromatic N) is 3. The highest BCUT2D eigenvalue weighted by Crippen LogP contribution is 2.32. The molecule has 0 spiro atoms. The molecule has 18 nitrogen and oxygen atoms in total. The van der Waals surface area contributed by atoms with Crippen LogP contribution in [0.4, 0.5) is 5.69 Å².